The first-order valence-corrected chi connectivity index (χ1v) is 7.01. The first-order valence-electron chi connectivity index (χ1n) is 6.13. The lowest BCUT2D eigenvalue weighted by molar-refractivity contribution is 0.0935. The number of carbonyl (C=O) groups excluding carboxylic acids is 1. The van der Waals surface area contributed by atoms with Crippen molar-refractivity contribution in [1.82, 2.24) is 15.5 Å². The van der Waals surface area contributed by atoms with Gasteiger partial charge in [-0.2, -0.15) is 5.10 Å². The molecule has 2 heterocycles. The van der Waals surface area contributed by atoms with Gasteiger partial charge >= 0.3 is 0 Å². The second-order valence-corrected chi connectivity index (χ2v) is 5.67. The van der Waals surface area contributed by atoms with E-state index in [2.05, 4.69) is 15.5 Å². The number of H-pyrrole nitrogens is 1. The van der Waals surface area contributed by atoms with Crippen LogP contribution in [0.4, 0.5) is 0 Å². The van der Waals surface area contributed by atoms with Crippen LogP contribution in [0.15, 0.2) is 23.6 Å². The van der Waals surface area contributed by atoms with Crippen LogP contribution in [-0.4, -0.2) is 16.1 Å². The molecule has 5 heteroatoms. The monoisotopic (exact) mass is 261 g/mol. The van der Waals surface area contributed by atoms with Gasteiger partial charge in [0, 0.05) is 16.5 Å². The van der Waals surface area contributed by atoms with Crippen LogP contribution in [0.5, 0.6) is 0 Å². The van der Waals surface area contributed by atoms with Gasteiger partial charge in [0.15, 0.2) is 0 Å². The number of carbonyl (C=O) groups is 1. The van der Waals surface area contributed by atoms with Crippen molar-refractivity contribution in [2.45, 2.75) is 31.7 Å². The van der Waals surface area contributed by atoms with E-state index in [4.69, 9.17) is 0 Å². The fourth-order valence-electron chi connectivity index (χ4n) is 1.94. The molecule has 2 N–H and O–H groups in total. The largest absolute Gasteiger partial charge is 0.343 e. The van der Waals surface area contributed by atoms with E-state index in [1.807, 2.05) is 30.5 Å². The van der Waals surface area contributed by atoms with E-state index in [0.717, 1.165) is 10.6 Å². The number of thiophene rings is 1. The Morgan fingerprint density at radius 2 is 2.44 bits per heavy atom. The highest BCUT2D eigenvalue weighted by Crippen LogP contribution is 2.39. The van der Waals surface area contributed by atoms with Gasteiger partial charge in [0.25, 0.3) is 5.91 Å². The maximum atomic E-state index is 12.0. The van der Waals surface area contributed by atoms with E-state index in [9.17, 15) is 4.79 Å². The van der Waals surface area contributed by atoms with E-state index in [-0.39, 0.29) is 11.9 Å². The van der Waals surface area contributed by atoms with Crippen molar-refractivity contribution in [1.29, 1.82) is 0 Å². The molecule has 1 amide bonds. The summed E-state index contributed by atoms with van der Waals surface area (Å²) < 4.78 is 0. The van der Waals surface area contributed by atoms with E-state index in [1.54, 1.807) is 11.3 Å². The number of nitrogens with one attached hydrogen (secondary N) is 2. The molecule has 0 unspecified atom stereocenters. The summed E-state index contributed by atoms with van der Waals surface area (Å²) in [6, 6.07) is 5.91. The third kappa shape index (κ3) is 2.31. The van der Waals surface area contributed by atoms with Crippen molar-refractivity contribution >= 4 is 17.2 Å². The summed E-state index contributed by atoms with van der Waals surface area (Å²) in [5.74, 6) is 0.479. The van der Waals surface area contributed by atoms with Crippen LogP contribution in [0.2, 0.25) is 0 Å². The zero-order valence-corrected chi connectivity index (χ0v) is 11.0. The van der Waals surface area contributed by atoms with E-state index < -0.39 is 0 Å². The molecule has 0 aliphatic heterocycles. The predicted molar refractivity (Wildman–Crippen MR) is 70.8 cm³/mol. The molecule has 1 aliphatic carbocycles. The summed E-state index contributed by atoms with van der Waals surface area (Å²) in [6.07, 6.45) is 2.41. The smallest absolute Gasteiger partial charge is 0.272 e. The minimum atomic E-state index is -0.112. The zero-order valence-electron chi connectivity index (χ0n) is 10.1. The summed E-state index contributed by atoms with van der Waals surface area (Å²) in [6.45, 7) is 1.98. The van der Waals surface area contributed by atoms with Crippen molar-refractivity contribution in [3.8, 4) is 0 Å². The fourth-order valence-corrected chi connectivity index (χ4v) is 2.67. The molecule has 94 valence electrons. The molecule has 1 saturated carbocycles. The van der Waals surface area contributed by atoms with Gasteiger partial charge in [-0.25, -0.2) is 0 Å². The van der Waals surface area contributed by atoms with Crippen LogP contribution in [0.3, 0.4) is 0 Å². The second kappa shape index (κ2) is 4.57. The Morgan fingerprint density at radius 1 is 1.61 bits per heavy atom. The van der Waals surface area contributed by atoms with Gasteiger partial charge < -0.3 is 5.32 Å². The number of hydrogen-bond acceptors (Lipinski definition) is 3. The van der Waals surface area contributed by atoms with E-state index in [1.165, 1.54) is 12.8 Å². The molecule has 4 nitrogen and oxygen atoms in total. The van der Waals surface area contributed by atoms with E-state index >= 15 is 0 Å². The van der Waals surface area contributed by atoms with E-state index in [0.29, 0.717) is 11.6 Å². The quantitative estimate of drug-likeness (QED) is 0.889. The van der Waals surface area contributed by atoms with Gasteiger partial charge in [-0.05, 0) is 37.3 Å². The first-order chi connectivity index (χ1) is 8.74. The first kappa shape index (κ1) is 11.5. The average Bonchev–Trinajstić information content (AvgIpc) is 2.91. The predicted octanol–water partition coefficient (Wildman–Crippen LogP) is 2.84. The second-order valence-electron chi connectivity index (χ2n) is 4.69. The summed E-state index contributed by atoms with van der Waals surface area (Å²) in [5, 5.41) is 12.0. The third-order valence-electron chi connectivity index (χ3n) is 3.17. The van der Waals surface area contributed by atoms with Gasteiger partial charge in [0.1, 0.15) is 5.69 Å². The van der Waals surface area contributed by atoms with Crippen LogP contribution in [0.25, 0.3) is 0 Å². The maximum Gasteiger partial charge on any atom is 0.272 e. The number of rotatable bonds is 4. The van der Waals surface area contributed by atoms with Gasteiger partial charge in [-0.1, -0.05) is 6.07 Å². The SMILES string of the molecule is C[C@@H](NC(=O)c1cc(C2CC2)[nH]n1)c1cccs1. The molecule has 1 atom stereocenters. The highest BCUT2D eigenvalue weighted by atomic mass is 32.1. The average molecular weight is 261 g/mol. The lowest BCUT2D eigenvalue weighted by Gasteiger charge is -2.10. The number of aromatic nitrogens is 2. The highest BCUT2D eigenvalue weighted by molar-refractivity contribution is 7.10. The summed E-state index contributed by atoms with van der Waals surface area (Å²) in [5.41, 5.74) is 1.57. The Hall–Kier alpha value is -1.62. The number of hydrogen-bond donors (Lipinski definition) is 2. The Morgan fingerprint density at radius 3 is 3.11 bits per heavy atom. The summed E-state index contributed by atoms with van der Waals surface area (Å²) >= 11 is 1.65. The van der Waals surface area contributed by atoms with Crippen molar-refractivity contribution in [2.75, 3.05) is 0 Å². The lowest BCUT2D eigenvalue weighted by Crippen LogP contribution is -2.26. The molecule has 1 fully saturated rings. The van der Waals surface area contributed by atoms with Crippen LogP contribution in [0, 0.1) is 0 Å². The molecule has 0 spiro atoms. The fraction of sp³-hybridized carbons (Fsp3) is 0.385. The van der Waals surface area contributed by atoms with Gasteiger partial charge in [0.2, 0.25) is 0 Å². The molecule has 0 bridgehead atoms. The third-order valence-corrected chi connectivity index (χ3v) is 4.22. The van der Waals surface area contributed by atoms with Crippen LogP contribution >= 0.6 is 11.3 Å². The molecule has 2 aromatic rings. The molecule has 2 aromatic heterocycles. The molecule has 0 saturated heterocycles. The van der Waals surface area contributed by atoms with Crippen molar-refractivity contribution in [2.24, 2.45) is 0 Å². The molecule has 18 heavy (non-hydrogen) atoms. The van der Waals surface area contributed by atoms with Crippen LogP contribution < -0.4 is 5.32 Å². The molecule has 3 rings (SSSR count). The lowest BCUT2D eigenvalue weighted by atomic mass is 10.2. The van der Waals surface area contributed by atoms with Gasteiger partial charge in [-0.3, -0.25) is 9.89 Å². The minimum absolute atomic E-state index is 0.0265. The van der Waals surface area contributed by atoms with Crippen LogP contribution in [0.1, 0.15) is 52.8 Å². The highest BCUT2D eigenvalue weighted by Gasteiger charge is 2.26. The van der Waals surface area contributed by atoms with Gasteiger partial charge in [-0.15, -0.1) is 11.3 Å². The Balaban J connectivity index is 1.66. The number of amides is 1. The van der Waals surface area contributed by atoms with Crippen molar-refractivity contribution < 1.29 is 4.79 Å². The van der Waals surface area contributed by atoms with Crippen LogP contribution in [-0.2, 0) is 0 Å². The normalized spacial score (nSPS) is 16.5. The summed E-state index contributed by atoms with van der Waals surface area (Å²) in [7, 11) is 0. The minimum Gasteiger partial charge on any atom is -0.343 e. The molecule has 1 aliphatic rings. The zero-order chi connectivity index (χ0) is 12.5. The maximum absolute atomic E-state index is 12.0. The molecule has 0 radical (unpaired) electrons. The number of aromatic amines is 1. The molecular formula is C13H15N3OS. The van der Waals surface area contributed by atoms with Crippen molar-refractivity contribution in [3.63, 3.8) is 0 Å². The number of nitrogens with zero attached hydrogens (tertiary/aromatic N) is 1. The van der Waals surface area contributed by atoms with Crippen molar-refractivity contribution in [3.05, 3.63) is 39.8 Å². The standard InChI is InChI=1S/C13H15N3OS/c1-8(12-3-2-6-18-12)14-13(17)11-7-10(15-16-11)9-4-5-9/h2-3,6-9H,4-5H2,1H3,(H,14,17)(H,15,16)/t8-/m1/s1. The Bertz CT molecular complexity index is 542. The molecule has 0 aromatic carbocycles. The van der Waals surface area contributed by atoms with Gasteiger partial charge in [0.05, 0.1) is 6.04 Å². The topological polar surface area (TPSA) is 57.8 Å². The molecular weight excluding hydrogens is 246 g/mol. The summed E-state index contributed by atoms with van der Waals surface area (Å²) in [4.78, 5) is 13.2. The Kier molecular flexibility index (Phi) is 2.91. The Labute approximate surface area is 109 Å².